The highest BCUT2D eigenvalue weighted by atomic mass is 16.4. The standard InChI is InChI=1S/C12H18N4O/c1-9-5-2-3-8-16(9)12-10(11(13)15-17)6-4-7-14-12/h4,6-7,9,17H,2-3,5,8H2,1H3,(H2,13,15). The fraction of sp³-hybridized carbons (Fsp3) is 0.500. The van der Waals surface area contributed by atoms with Crippen LogP contribution in [0.2, 0.25) is 0 Å². The number of nitrogens with zero attached hydrogens (tertiary/aromatic N) is 3. The average molecular weight is 234 g/mol. The molecule has 5 heteroatoms. The Labute approximate surface area is 101 Å². The van der Waals surface area contributed by atoms with Crippen molar-refractivity contribution < 1.29 is 5.21 Å². The second-order valence-corrected chi connectivity index (χ2v) is 4.40. The first-order valence-electron chi connectivity index (χ1n) is 5.93. The summed E-state index contributed by atoms with van der Waals surface area (Å²) in [5.74, 6) is 0.931. The highest BCUT2D eigenvalue weighted by Crippen LogP contribution is 2.25. The Morgan fingerprint density at radius 1 is 1.59 bits per heavy atom. The lowest BCUT2D eigenvalue weighted by atomic mass is 10.0. The smallest absolute Gasteiger partial charge is 0.173 e. The van der Waals surface area contributed by atoms with E-state index in [2.05, 4.69) is 22.0 Å². The van der Waals surface area contributed by atoms with Gasteiger partial charge >= 0.3 is 0 Å². The van der Waals surface area contributed by atoms with Gasteiger partial charge in [-0.05, 0) is 38.3 Å². The van der Waals surface area contributed by atoms with Gasteiger partial charge in [0.2, 0.25) is 0 Å². The van der Waals surface area contributed by atoms with Crippen molar-refractivity contribution >= 4 is 11.7 Å². The van der Waals surface area contributed by atoms with Crippen molar-refractivity contribution in [2.75, 3.05) is 11.4 Å². The van der Waals surface area contributed by atoms with Crippen LogP contribution < -0.4 is 10.6 Å². The van der Waals surface area contributed by atoms with Crippen LogP contribution >= 0.6 is 0 Å². The lowest BCUT2D eigenvalue weighted by Crippen LogP contribution is -2.39. The number of hydrogen-bond acceptors (Lipinski definition) is 4. The molecule has 17 heavy (non-hydrogen) atoms. The fourth-order valence-electron chi connectivity index (χ4n) is 2.29. The molecule has 2 heterocycles. The van der Waals surface area contributed by atoms with E-state index in [1.54, 1.807) is 12.3 Å². The van der Waals surface area contributed by atoms with E-state index in [1.807, 2.05) is 6.07 Å². The molecular weight excluding hydrogens is 216 g/mol. The third kappa shape index (κ3) is 2.33. The summed E-state index contributed by atoms with van der Waals surface area (Å²) >= 11 is 0. The number of hydrogen-bond donors (Lipinski definition) is 2. The van der Waals surface area contributed by atoms with Gasteiger partial charge < -0.3 is 15.8 Å². The van der Waals surface area contributed by atoms with Gasteiger partial charge in [0.1, 0.15) is 5.82 Å². The molecule has 1 atom stereocenters. The highest BCUT2D eigenvalue weighted by Gasteiger charge is 2.22. The molecule has 1 saturated heterocycles. The zero-order valence-electron chi connectivity index (χ0n) is 10.0. The molecule has 0 saturated carbocycles. The van der Waals surface area contributed by atoms with E-state index in [0.717, 1.165) is 25.2 Å². The SMILES string of the molecule is CC1CCCCN1c1ncccc1C(N)=NO. The first-order valence-corrected chi connectivity index (χ1v) is 5.93. The van der Waals surface area contributed by atoms with Crippen molar-refractivity contribution in [3.63, 3.8) is 0 Å². The van der Waals surface area contributed by atoms with Crippen molar-refractivity contribution in [2.45, 2.75) is 32.2 Å². The van der Waals surface area contributed by atoms with Gasteiger partial charge in [0.15, 0.2) is 5.84 Å². The zero-order valence-corrected chi connectivity index (χ0v) is 10.0. The van der Waals surface area contributed by atoms with Gasteiger partial charge in [-0.2, -0.15) is 0 Å². The lowest BCUT2D eigenvalue weighted by Gasteiger charge is -2.35. The number of oxime groups is 1. The third-order valence-corrected chi connectivity index (χ3v) is 3.25. The molecule has 0 spiro atoms. The summed E-state index contributed by atoms with van der Waals surface area (Å²) < 4.78 is 0. The molecular formula is C12H18N4O. The van der Waals surface area contributed by atoms with E-state index in [-0.39, 0.29) is 5.84 Å². The van der Waals surface area contributed by atoms with Crippen LogP contribution in [0.4, 0.5) is 5.82 Å². The van der Waals surface area contributed by atoms with Crippen LogP contribution in [0.15, 0.2) is 23.5 Å². The Hall–Kier alpha value is -1.78. The maximum absolute atomic E-state index is 8.79. The molecule has 0 aliphatic carbocycles. The molecule has 0 aromatic carbocycles. The number of aromatic nitrogens is 1. The summed E-state index contributed by atoms with van der Waals surface area (Å²) in [7, 11) is 0. The van der Waals surface area contributed by atoms with E-state index < -0.39 is 0 Å². The molecule has 92 valence electrons. The van der Waals surface area contributed by atoms with Gasteiger partial charge in [-0.25, -0.2) is 4.98 Å². The number of nitrogens with two attached hydrogens (primary N) is 1. The van der Waals surface area contributed by atoms with E-state index in [4.69, 9.17) is 10.9 Å². The van der Waals surface area contributed by atoms with Crippen LogP contribution in [0.5, 0.6) is 0 Å². The monoisotopic (exact) mass is 234 g/mol. The summed E-state index contributed by atoms with van der Waals surface area (Å²) in [5, 5.41) is 11.9. The van der Waals surface area contributed by atoms with Crippen LogP contribution in [-0.2, 0) is 0 Å². The maximum atomic E-state index is 8.79. The minimum Gasteiger partial charge on any atom is -0.409 e. The van der Waals surface area contributed by atoms with Crippen LogP contribution in [0.25, 0.3) is 0 Å². The van der Waals surface area contributed by atoms with E-state index in [1.165, 1.54) is 6.42 Å². The Morgan fingerprint density at radius 3 is 3.12 bits per heavy atom. The minimum absolute atomic E-state index is 0.117. The largest absolute Gasteiger partial charge is 0.409 e. The van der Waals surface area contributed by atoms with E-state index in [0.29, 0.717) is 11.6 Å². The van der Waals surface area contributed by atoms with Crippen LogP contribution in [-0.4, -0.2) is 28.6 Å². The quantitative estimate of drug-likeness (QED) is 0.352. The molecule has 1 aliphatic rings. The minimum atomic E-state index is 0.117. The number of anilines is 1. The van der Waals surface area contributed by atoms with Crippen LogP contribution in [0.3, 0.4) is 0 Å². The van der Waals surface area contributed by atoms with Crippen LogP contribution in [0.1, 0.15) is 31.7 Å². The van der Waals surface area contributed by atoms with Gasteiger partial charge in [0.25, 0.3) is 0 Å². The summed E-state index contributed by atoms with van der Waals surface area (Å²) in [6, 6.07) is 4.08. The molecule has 0 bridgehead atoms. The second-order valence-electron chi connectivity index (χ2n) is 4.40. The number of pyridine rings is 1. The fourth-order valence-corrected chi connectivity index (χ4v) is 2.29. The Kier molecular flexibility index (Phi) is 3.46. The van der Waals surface area contributed by atoms with Crippen molar-refractivity contribution in [1.29, 1.82) is 0 Å². The number of piperidine rings is 1. The van der Waals surface area contributed by atoms with Gasteiger partial charge in [-0.3, -0.25) is 0 Å². The van der Waals surface area contributed by atoms with Gasteiger partial charge in [-0.15, -0.1) is 0 Å². The molecule has 1 unspecified atom stereocenters. The first-order chi connectivity index (χ1) is 8.24. The zero-order chi connectivity index (χ0) is 12.3. The predicted octanol–water partition coefficient (Wildman–Crippen LogP) is 1.55. The average Bonchev–Trinajstić information content (AvgIpc) is 2.38. The molecule has 1 aliphatic heterocycles. The van der Waals surface area contributed by atoms with Gasteiger partial charge in [-0.1, -0.05) is 5.16 Å². The van der Waals surface area contributed by atoms with E-state index >= 15 is 0 Å². The summed E-state index contributed by atoms with van der Waals surface area (Å²) in [5.41, 5.74) is 6.38. The molecule has 3 N–H and O–H groups in total. The summed E-state index contributed by atoms with van der Waals surface area (Å²) in [6.45, 7) is 3.16. The normalized spacial score (nSPS) is 21.6. The molecule has 0 radical (unpaired) electrons. The van der Waals surface area contributed by atoms with Crippen molar-refractivity contribution in [3.05, 3.63) is 23.9 Å². The van der Waals surface area contributed by atoms with Gasteiger partial charge in [0.05, 0.1) is 5.56 Å². The molecule has 1 aromatic heterocycles. The van der Waals surface area contributed by atoms with Crippen LogP contribution in [0, 0.1) is 0 Å². The third-order valence-electron chi connectivity index (χ3n) is 3.25. The van der Waals surface area contributed by atoms with Crippen molar-refractivity contribution in [1.82, 2.24) is 4.98 Å². The van der Waals surface area contributed by atoms with Gasteiger partial charge in [0, 0.05) is 18.8 Å². The van der Waals surface area contributed by atoms with E-state index in [9.17, 15) is 0 Å². The summed E-state index contributed by atoms with van der Waals surface area (Å²) in [6.07, 6.45) is 5.32. The highest BCUT2D eigenvalue weighted by molar-refractivity contribution is 6.01. The maximum Gasteiger partial charge on any atom is 0.173 e. The Morgan fingerprint density at radius 2 is 2.41 bits per heavy atom. The lowest BCUT2D eigenvalue weighted by molar-refractivity contribution is 0.318. The first kappa shape index (κ1) is 11.7. The second kappa shape index (κ2) is 5.03. The molecule has 5 nitrogen and oxygen atoms in total. The summed E-state index contributed by atoms with van der Waals surface area (Å²) in [4.78, 5) is 6.61. The predicted molar refractivity (Wildman–Crippen MR) is 67.4 cm³/mol. The topological polar surface area (TPSA) is 74.7 Å². The molecule has 1 aromatic rings. The molecule has 2 rings (SSSR count). The van der Waals surface area contributed by atoms with Crippen molar-refractivity contribution in [3.8, 4) is 0 Å². The molecule has 0 amide bonds. The Balaban J connectivity index is 2.37. The number of amidine groups is 1. The van der Waals surface area contributed by atoms with Crippen molar-refractivity contribution in [2.24, 2.45) is 10.9 Å². The Bertz CT molecular complexity index is 419. The number of rotatable bonds is 2. The molecule has 1 fully saturated rings.